The number of aromatic nitrogens is 2. The van der Waals surface area contributed by atoms with E-state index in [0.717, 1.165) is 17.3 Å². The highest BCUT2D eigenvalue weighted by Gasteiger charge is 2.15. The molecule has 1 aromatic heterocycles. The zero-order valence-corrected chi connectivity index (χ0v) is 12.1. The zero-order chi connectivity index (χ0) is 14.7. The molecule has 2 aromatic rings. The summed E-state index contributed by atoms with van der Waals surface area (Å²) in [5.41, 5.74) is 0.807. The Balaban J connectivity index is 1.75. The monoisotopic (exact) mass is 286 g/mol. The summed E-state index contributed by atoms with van der Waals surface area (Å²) in [5, 5.41) is 6.65. The van der Waals surface area contributed by atoms with Gasteiger partial charge in [-0.1, -0.05) is 12.8 Å². The van der Waals surface area contributed by atoms with Gasteiger partial charge >= 0.3 is 0 Å². The summed E-state index contributed by atoms with van der Waals surface area (Å²) in [4.78, 5) is 8.80. The minimum Gasteiger partial charge on any atom is -0.367 e. The number of rotatable bonds is 4. The van der Waals surface area contributed by atoms with E-state index in [9.17, 15) is 4.39 Å². The molecule has 1 heterocycles. The van der Waals surface area contributed by atoms with E-state index in [1.165, 1.54) is 37.8 Å². The lowest BCUT2D eigenvalue weighted by molar-refractivity contribution is 0.628. The molecule has 0 aliphatic heterocycles. The predicted molar refractivity (Wildman–Crippen MR) is 82.3 cm³/mol. The summed E-state index contributed by atoms with van der Waals surface area (Å²) < 4.78 is 12.9. The first-order valence-corrected chi connectivity index (χ1v) is 7.34. The van der Waals surface area contributed by atoms with Gasteiger partial charge in [0.05, 0.1) is 0 Å². The molecule has 4 nitrogen and oxygen atoms in total. The van der Waals surface area contributed by atoms with Gasteiger partial charge in [-0.2, -0.15) is 0 Å². The van der Waals surface area contributed by atoms with Crippen LogP contribution in [0.15, 0.2) is 30.3 Å². The second-order valence-corrected chi connectivity index (χ2v) is 5.44. The Morgan fingerprint density at radius 1 is 1.05 bits per heavy atom. The Morgan fingerprint density at radius 2 is 1.71 bits per heavy atom. The number of hydrogen-bond donors (Lipinski definition) is 2. The fraction of sp³-hybridized carbons (Fsp3) is 0.375. The third-order valence-electron chi connectivity index (χ3n) is 3.66. The first-order valence-electron chi connectivity index (χ1n) is 7.34. The van der Waals surface area contributed by atoms with Crippen LogP contribution in [0.1, 0.15) is 31.5 Å². The van der Waals surface area contributed by atoms with Crippen molar-refractivity contribution in [3.8, 4) is 0 Å². The minimum atomic E-state index is -0.247. The van der Waals surface area contributed by atoms with E-state index in [4.69, 9.17) is 0 Å². The van der Waals surface area contributed by atoms with Gasteiger partial charge in [0, 0.05) is 17.8 Å². The normalized spacial score (nSPS) is 15.1. The zero-order valence-electron chi connectivity index (χ0n) is 12.1. The number of aryl methyl sites for hydroxylation is 1. The molecule has 0 unspecified atom stereocenters. The van der Waals surface area contributed by atoms with Crippen molar-refractivity contribution in [2.24, 2.45) is 0 Å². The summed E-state index contributed by atoms with van der Waals surface area (Å²) in [6, 6.07) is 8.64. The Hall–Kier alpha value is -2.17. The van der Waals surface area contributed by atoms with Crippen LogP contribution in [0.4, 0.5) is 21.7 Å². The quantitative estimate of drug-likeness (QED) is 0.891. The molecule has 1 aliphatic rings. The van der Waals surface area contributed by atoms with Crippen LogP contribution in [-0.2, 0) is 0 Å². The first kappa shape index (κ1) is 13.8. The number of halogens is 1. The van der Waals surface area contributed by atoms with Crippen molar-refractivity contribution >= 4 is 17.3 Å². The number of nitrogens with one attached hydrogen (secondary N) is 2. The van der Waals surface area contributed by atoms with Gasteiger partial charge in [0.25, 0.3) is 0 Å². The lowest BCUT2D eigenvalue weighted by atomic mass is 10.2. The molecule has 21 heavy (non-hydrogen) atoms. The van der Waals surface area contributed by atoms with Crippen LogP contribution in [0, 0.1) is 12.7 Å². The van der Waals surface area contributed by atoms with Gasteiger partial charge in [0.1, 0.15) is 23.3 Å². The predicted octanol–water partition coefficient (Wildman–Crippen LogP) is 4.02. The third-order valence-corrected chi connectivity index (χ3v) is 3.66. The molecule has 1 saturated carbocycles. The van der Waals surface area contributed by atoms with Crippen molar-refractivity contribution in [1.82, 2.24) is 9.97 Å². The van der Waals surface area contributed by atoms with E-state index in [2.05, 4.69) is 20.6 Å². The molecule has 0 amide bonds. The van der Waals surface area contributed by atoms with Crippen molar-refractivity contribution in [2.75, 3.05) is 10.6 Å². The minimum absolute atomic E-state index is 0.247. The molecule has 1 aromatic carbocycles. The molecular weight excluding hydrogens is 267 g/mol. The van der Waals surface area contributed by atoms with Crippen molar-refractivity contribution in [1.29, 1.82) is 0 Å². The fourth-order valence-electron chi connectivity index (χ4n) is 2.67. The molecular formula is C16H19FN4. The topological polar surface area (TPSA) is 49.8 Å². The van der Waals surface area contributed by atoms with Crippen LogP contribution < -0.4 is 10.6 Å². The molecule has 1 aliphatic carbocycles. The highest BCUT2D eigenvalue weighted by Crippen LogP contribution is 2.23. The highest BCUT2D eigenvalue weighted by molar-refractivity contribution is 5.59. The maximum atomic E-state index is 12.9. The van der Waals surface area contributed by atoms with Crippen LogP contribution >= 0.6 is 0 Å². The van der Waals surface area contributed by atoms with Gasteiger partial charge in [-0.15, -0.1) is 0 Å². The molecule has 5 heteroatoms. The van der Waals surface area contributed by atoms with Gasteiger partial charge in [-0.05, 0) is 44.0 Å². The molecule has 2 N–H and O–H groups in total. The summed E-state index contributed by atoms with van der Waals surface area (Å²) in [5.74, 6) is 2.03. The maximum Gasteiger partial charge on any atom is 0.136 e. The van der Waals surface area contributed by atoms with E-state index >= 15 is 0 Å². The lowest BCUT2D eigenvalue weighted by Gasteiger charge is -2.14. The van der Waals surface area contributed by atoms with Gasteiger partial charge < -0.3 is 10.6 Å². The number of nitrogens with zero attached hydrogens (tertiary/aromatic N) is 2. The summed E-state index contributed by atoms with van der Waals surface area (Å²) in [6.45, 7) is 1.87. The van der Waals surface area contributed by atoms with Crippen LogP contribution in [0.25, 0.3) is 0 Å². The van der Waals surface area contributed by atoms with Crippen LogP contribution in [-0.4, -0.2) is 16.0 Å². The molecule has 0 atom stereocenters. The van der Waals surface area contributed by atoms with Gasteiger partial charge in [-0.25, -0.2) is 14.4 Å². The van der Waals surface area contributed by atoms with Crippen molar-refractivity contribution < 1.29 is 4.39 Å². The van der Waals surface area contributed by atoms with E-state index in [-0.39, 0.29) is 5.82 Å². The maximum absolute atomic E-state index is 12.9. The van der Waals surface area contributed by atoms with E-state index < -0.39 is 0 Å². The van der Waals surface area contributed by atoms with Crippen LogP contribution in [0.5, 0.6) is 0 Å². The van der Waals surface area contributed by atoms with Crippen LogP contribution in [0.3, 0.4) is 0 Å². The van der Waals surface area contributed by atoms with Crippen LogP contribution in [0.2, 0.25) is 0 Å². The standard InChI is InChI=1S/C16H19FN4/c1-11-18-15(20-13-4-2-3-5-13)10-16(19-11)21-14-8-6-12(17)7-9-14/h6-10,13H,2-5H2,1H3,(H2,18,19,20,21). The summed E-state index contributed by atoms with van der Waals surface area (Å²) >= 11 is 0. The summed E-state index contributed by atoms with van der Waals surface area (Å²) in [7, 11) is 0. The lowest BCUT2D eigenvalue weighted by Crippen LogP contribution is -2.16. The number of benzene rings is 1. The molecule has 1 fully saturated rings. The Labute approximate surface area is 123 Å². The van der Waals surface area contributed by atoms with Gasteiger partial charge in [0.2, 0.25) is 0 Å². The molecule has 110 valence electrons. The average molecular weight is 286 g/mol. The average Bonchev–Trinajstić information content (AvgIpc) is 2.93. The van der Waals surface area contributed by atoms with E-state index in [1.807, 2.05) is 13.0 Å². The molecule has 0 saturated heterocycles. The Morgan fingerprint density at radius 3 is 2.43 bits per heavy atom. The Kier molecular flexibility index (Phi) is 3.99. The van der Waals surface area contributed by atoms with Gasteiger partial charge in [0.15, 0.2) is 0 Å². The second kappa shape index (κ2) is 6.08. The number of hydrogen-bond acceptors (Lipinski definition) is 4. The molecule has 0 radical (unpaired) electrons. The largest absolute Gasteiger partial charge is 0.367 e. The van der Waals surface area contributed by atoms with Crippen molar-refractivity contribution in [2.45, 2.75) is 38.6 Å². The Bertz CT molecular complexity index is 606. The van der Waals surface area contributed by atoms with E-state index in [0.29, 0.717) is 11.9 Å². The summed E-state index contributed by atoms with van der Waals surface area (Å²) in [6.07, 6.45) is 4.96. The van der Waals surface area contributed by atoms with E-state index in [1.54, 1.807) is 12.1 Å². The highest BCUT2D eigenvalue weighted by atomic mass is 19.1. The second-order valence-electron chi connectivity index (χ2n) is 5.44. The SMILES string of the molecule is Cc1nc(Nc2ccc(F)cc2)cc(NC2CCCC2)n1. The molecule has 0 spiro atoms. The van der Waals surface area contributed by atoms with Crippen molar-refractivity contribution in [3.05, 3.63) is 42.0 Å². The van der Waals surface area contributed by atoms with Crippen molar-refractivity contribution in [3.63, 3.8) is 0 Å². The number of anilines is 3. The fourth-order valence-corrected chi connectivity index (χ4v) is 2.67. The molecule has 3 rings (SSSR count). The third kappa shape index (κ3) is 3.68. The van der Waals surface area contributed by atoms with Gasteiger partial charge in [-0.3, -0.25) is 0 Å². The molecule has 0 bridgehead atoms. The smallest absolute Gasteiger partial charge is 0.136 e. The first-order chi connectivity index (χ1) is 10.2.